The van der Waals surface area contributed by atoms with Crippen LogP contribution < -0.4 is 5.32 Å². The third-order valence-electron chi connectivity index (χ3n) is 5.73. The highest BCUT2D eigenvalue weighted by atomic mass is 32.2. The normalized spacial score (nSPS) is 18.5. The lowest BCUT2D eigenvalue weighted by atomic mass is 9.89. The molecule has 1 saturated carbocycles. The SMILES string of the molecule is CS(=O)(=O)N1CC(CC#N)(n2cc(-c3cccc4nc(NC(=O)C5CC5)nn34)cn2)C1. The van der Waals surface area contributed by atoms with E-state index >= 15 is 0 Å². The zero-order chi connectivity index (χ0) is 21.8. The van der Waals surface area contributed by atoms with E-state index in [0.29, 0.717) is 5.65 Å². The Hall–Kier alpha value is -3.30. The van der Waals surface area contributed by atoms with Crippen LogP contribution in [0.15, 0.2) is 30.6 Å². The van der Waals surface area contributed by atoms with E-state index in [1.165, 1.54) is 4.31 Å². The van der Waals surface area contributed by atoms with Gasteiger partial charge in [0.25, 0.3) is 0 Å². The van der Waals surface area contributed by atoms with Crippen molar-refractivity contribution in [3.8, 4) is 17.3 Å². The van der Waals surface area contributed by atoms with Crippen LogP contribution in [-0.2, 0) is 20.4 Å². The number of sulfonamides is 1. The van der Waals surface area contributed by atoms with Gasteiger partial charge in [-0.3, -0.25) is 14.8 Å². The van der Waals surface area contributed by atoms with E-state index in [-0.39, 0.29) is 37.3 Å². The van der Waals surface area contributed by atoms with E-state index in [2.05, 4.69) is 26.6 Å². The molecule has 3 aromatic rings. The van der Waals surface area contributed by atoms with Gasteiger partial charge in [-0.2, -0.15) is 19.6 Å². The van der Waals surface area contributed by atoms with Crippen LogP contribution in [-0.4, -0.2) is 62.4 Å². The number of hydrogen-bond acceptors (Lipinski definition) is 7. The van der Waals surface area contributed by atoms with Crippen LogP contribution >= 0.6 is 0 Å². The Bertz CT molecular complexity index is 1330. The van der Waals surface area contributed by atoms with Gasteiger partial charge in [-0.1, -0.05) is 6.07 Å². The van der Waals surface area contributed by atoms with Crippen molar-refractivity contribution in [1.29, 1.82) is 5.26 Å². The number of pyridine rings is 1. The number of anilines is 1. The molecule has 31 heavy (non-hydrogen) atoms. The van der Waals surface area contributed by atoms with Gasteiger partial charge in [0.2, 0.25) is 21.9 Å². The quantitative estimate of drug-likeness (QED) is 0.599. The fourth-order valence-corrected chi connectivity index (χ4v) is 4.73. The molecule has 4 heterocycles. The second-order valence-corrected chi connectivity index (χ2v) is 10.1. The van der Waals surface area contributed by atoms with Crippen LogP contribution in [0.3, 0.4) is 0 Å². The molecule has 0 aromatic carbocycles. The second-order valence-electron chi connectivity index (χ2n) is 8.14. The lowest BCUT2D eigenvalue weighted by Gasteiger charge is -2.47. The lowest BCUT2D eigenvalue weighted by Crippen LogP contribution is -2.63. The van der Waals surface area contributed by atoms with Crippen molar-refractivity contribution in [3.05, 3.63) is 30.6 Å². The number of nitrogens with one attached hydrogen (secondary N) is 1. The summed E-state index contributed by atoms with van der Waals surface area (Å²) in [6.45, 7) is 0.400. The van der Waals surface area contributed by atoms with E-state index in [9.17, 15) is 18.5 Å². The van der Waals surface area contributed by atoms with E-state index in [4.69, 9.17) is 0 Å². The van der Waals surface area contributed by atoms with Crippen molar-refractivity contribution < 1.29 is 13.2 Å². The molecule has 11 nitrogen and oxygen atoms in total. The average Bonchev–Trinajstić information content (AvgIpc) is 3.28. The molecule has 3 aromatic heterocycles. The maximum Gasteiger partial charge on any atom is 0.249 e. The summed E-state index contributed by atoms with van der Waals surface area (Å²) in [5, 5.41) is 20.9. The Morgan fingerprint density at radius 3 is 2.81 bits per heavy atom. The third-order valence-corrected chi connectivity index (χ3v) is 6.92. The summed E-state index contributed by atoms with van der Waals surface area (Å²) in [7, 11) is -3.32. The Morgan fingerprint density at radius 1 is 1.35 bits per heavy atom. The van der Waals surface area contributed by atoms with Gasteiger partial charge in [-0.05, 0) is 25.0 Å². The molecule has 1 N–H and O–H groups in total. The van der Waals surface area contributed by atoms with Crippen molar-refractivity contribution in [2.24, 2.45) is 5.92 Å². The van der Waals surface area contributed by atoms with Crippen LogP contribution in [0.4, 0.5) is 5.95 Å². The van der Waals surface area contributed by atoms with Crippen LogP contribution in [0.2, 0.25) is 0 Å². The molecule has 0 spiro atoms. The van der Waals surface area contributed by atoms with Crippen LogP contribution in [0.5, 0.6) is 0 Å². The van der Waals surface area contributed by atoms with Crippen LogP contribution in [0, 0.1) is 17.2 Å². The molecule has 0 bridgehead atoms. The molecule has 12 heteroatoms. The number of carbonyl (C=O) groups is 1. The molecule has 1 aliphatic heterocycles. The first kappa shape index (κ1) is 19.7. The van der Waals surface area contributed by atoms with Gasteiger partial charge in [0, 0.05) is 30.8 Å². The van der Waals surface area contributed by atoms with Gasteiger partial charge in [0.1, 0.15) is 5.54 Å². The highest BCUT2D eigenvalue weighted by Gasteiger charge is 2.49. The predicted octanol–water partition coefficient (Wildman–Crippen LogP) is 0.825. The first-order chi connectivity index (χ1) is 14.8. The highest BCUT2D eigenvalue weighted by molar-refractivity contribution is 7.88. The minimum Gasteiger partial charge on any atom is -0.293 e. The Balaban J connectivity index is 1.46. The van der Waals surface area contributed by atoms with E-state index < -0.39 is 15.6 Å². The van der Waals surface area contributed by atoms with Gasteiger partial charge in [-0.25, -0.2) is 12.9 Å². The Labute approximate surface area is 178 Å². The largest absolute Gasteiger partial charge is 0.293 e. The smallest absolute Gasteiger partial charge is 0.249 e. The minimum atomic E-state index is -3.32. The first-order valence-corrected chi connectivity index (χ1v) is 11.7. The Morgan fingerprint density at radius 2 is 2.13 bits per heavy atom. The van der Waals surface area contributed by atoms with Crippen LogP contribution in [0.25, 0.3) is 16.9 Å². The van der Waals surface area contributed by atoms with Gasteiger partial charge in [0.05, 0.1) is 30.6 Å². The lowest BCUT2D eigenvalue weighted by molar-refractivity contribution is -0.117. The number of nitriles is 1. The van der Waals surface area contributed by atoms with E-state index in [0.717, 1.165) is 30.4 Å². The predicted molar refractivity (Wildman–Crippen MR) is 110 cm³/mol. The fourth-order valence-electron chi connectivity index (χ4n) is 3.78. The summed E-state index contributed by atoms with van der Waals surface area (Å²) in [6.07, 6.45) is 6.53. The summed E-state index contributed by atoms with van der Waals surface area (Å²) in [6, 6.07) is 7.63. The van der Waals surface area contributed by atoms with Gasteiger partial charge < -0.3 is 0 Å². The van der Waals surface area contributed by atoms with Crippen molar-refractivity contribution in [1.82, 2.24) is 28.7 Å². The molecule has 1 saturated heterocycles. The highest BCUT2D eigenvalue weighted by Crippen LogP contribution is 2.35. The first-order valence-electron chi connectivity index (χ1n) is 9.83. The molecular weight excluding hydrogens is 420 g/mol. The van der Waals surface area contributed by atoms with Crippen LogP contribution in [0.1, 0.15) is 19.3 Å². The number of rotatable bonds is 6. The second kappa shape index (κ2) is 6.86. The van der Waals surface area contributed by atoms with Gasteiger partial charge in [0.15, 0.2) is 5.65 Å². The maximum absolute atomic E-state index is 12.0. The number of aromatic nitrogens is 5. The summed E-state index contributed by atoms with van der Waals surface area (Å²) in [5.41, 5.74) is 1.34. The molecule has 1 aliphatic carbocycles. The molecule has 5 rings (SSSR count). The Kier molecular flexibility index (Phi) is 4.35. The number of nitrogens with zero attached hydrogens (tertiary/aromatic N) is 7. The molecule has 0 radical (unpaired) electrons. The minimum absolute atomic E-state index is 0.0506. The standard InChI is InChI=1S/C19H20N8O3S/c1-31(29,30)25-11-19(12-25,7-8-20)26-10-14(9-21-26)15-3-2-4-16-22-18(24-27(15)16)23-17(28)13-5-6-13/h2-4,9-10,13H,5-7,11-12H2,1H3,(H,23,24,28). The molecule has 160 valence electrons. The number of hydrogen-bond donors (Lipinski definition) is 1. The zero-order valence-electron chi connectivity index (χ0n) is 16.8. The number of fused-ring (bicyclic) bond motifs is 1. The molecule has 1 amide bonds. The van der Waals surface area contributed by atoms with Crippen molar-refractivity contribution >= 4 is 27.5 Å². The van der Waals surface area contributed by atoms with Gasteiger partial charge in [-0.15, -0.1) is 5.10 Å². The molecule has 2 aliphatic rings. The number of carbonyl (C=O) groups excluding carboxylic acids is 1. The maximum atomic E-state index is 12.0. The average molecular weight is 440 g/mol. The fraction of sp³-hybridized carbons (Fsp3) is 0.421. The van der Waals surface area contributed by atoms with Crippen molar-refractivity contribution in [3.63, 3.8) is 0 Å². The van der Waals surface area contributed by atoms with E-state index in [1.807, 2.05) is 12.1 Å². The summed E-state index contributed by atoms with van der Waals surface area (Å²) in [5.74, 6) is 0.235. The molecule has 0 unspecified atom stereocenters. The summed E-state index contributed by atoms with van der Waals surface area (Å²) >= 11 is 0. The zero-order valence-corrected chi connectivity index (χ0v) is 17.6. The summed E-state index contributed by atoms with van der Waals surface area (Å²) < 4.78 is 28.2. The third kappa shape index (κ3) is 3.45. The van der Waals surface area contributed by atoms with Gasteiger partial charge >= 0.3 is 0 Å². The van der Waals surface area contributed by atoms with Crippen molar-refractivity contribution in [2.75, 3.05) is 24.7 Å². The number of amides is 1. The molecule has 2 fully saturated rings. The summed E-state index contributed by atoms with van der Waals surface area (Å²) in [4.78, 5) is 16.4. The topological polar surface area (TPSA) is 138 Å². The monoisotopic (exact) mass is 440 g/mol. The molecular formula is C19H20N8O3S. The van der Waals surface area contributed by atoms with Crippen molar-refractivity contribution in [2.45, 2.75) is 24.8 Å². The molecule has 0 atom stereocenters. The van der Waals surface area contributed by atoms with E-state index in [1.54, 1.807) is 27.7 Å².